The van der Waals surface area contributed by atoms with E-state index in [9.17, 15) is 18.3 Å². The number of rotatable bonds is 6. The zero-order chi connectivity index (χ0) is 27.3. The van der Waals surface area contributed by atoms with Gasteiger partial charge in [0.05, 0.1) is 11.7 Å². The molecule has 0 spiro atoms. The number of imidazole rings is 1. The summed E-state index contributed by atoms with van der Waals surface area (Å²) in [7, 11) is 0. The molecule has 8 nitrogen and oxygen atoms in total. The van der Waals surface area contributed by atoms with Crippen LogP contribution in [0.1, 0.15) is 19.4 Å². The number of fused-ring (bicyclic) bond motifs is 3. The Kier molecular flexibility index (Phi) is 5.86. The smallest absolute Gasteiger partial charge is 0.299 e. The van der Waals surface area contributed by atoms with E-state index >= 15 is 0 Å². The normalized spacial score (nSPS) is 13.9. The number of aromatic nitrogens is 5. The van der Waals surface area contributed by atoms with Gasteiger partial charge >= 0.3 is 0 Å². The number of pyridine rings is 1. The first-order valence-electron chi connectivity index (χ1n) is 12.3. The van der Waals surface area contributed by atoms with Gasteiger partial charge in [0.1, 0.15) is 18.2 Å². The minimum Gasteiger partial charge on any atom is -0.507 e. The van der Waals surface area contributed by atoms with Gasteiger partial charge in [0, 0.05) is 29.4 Å². The van der Waals surface area contributed by atoms with Gasteiger partial charge in [-0.2, -0.15) is 4.98 Å². The second-order valence-electron chi connectivity index (χ2n) is 9.92. The Balaban J connectivity index is 1.33. The average Bonchev–Trinajstić information content (AvgIpc) is 3.44. The topological polar surface area (TPSA) is 98.0 Å². The van der Waals surface area contributed by atoms with E-state index in [2.05, 4.69) is 25.3 Å². The quantitative estimate of drug-likeness (QED) is 0.300. The van der Waals surface area contributed by atoms with Gasteiger partial charge in [0.2, 0.25) is 0 Å². The molecule has 0 amide bonds. The number of phenols is 1. The number of nitrogens with zero attached hydrogens (tertiary/aromatic N) is 5. The molecule has 0 unspecified atom stereocenters. The minimum absolute atomic E-state index is 0.0247. The van der Waals surface area contributed by atoms with Crippen molar-refractivity contribution in [2.45, 2.75) is 25.8 Å². The predicted molar refractivity (Wildman–Crippen MR) is 139 cm³/mol. The summed E-state index contributed by atoms with van der Waals surface area (Å²) in [6.45, 7) is 4.83. The summed E-state index contributed by atoms with van der Waals surface area (Å²) in [6.07, 6.45) is 3.05. The lowest BCUT2D eigenvalue weighted by molar-refractivity contribution is 0.268. The number of halogens is 3. The molecule has 3 aromatic heterocycles. The third kappa shape index (κ3) is 4.39. The van der Waals surface area contributed by atoms with Gasteiger partial charge in [0.15, 0.2) is 34.4 Å². The molecule has 39 heavy (non-hydrogen) atoms. The summed E-state index contributed by atoms with van der Waals surface area (Å²) >= 11 is 0. The molecule has 0 fully saturated rings. The molecule has 198 valence electrons. The van der Waals surface area contributed by atoms with Crippen LogP contribution in [0.4, 0.5) is 19.0 Å². The fourth-order valence-electron chi connectivity index (χ4n) is 4.66. The SMILES string of the molecule is CC1(C)COc2nc3c(NCCc4ccc(O)c(-c5cccc(F)c5F)c4)nc(-c4cncc(F)c4)nc3n21. The van der Waals surface area contributed by atoms with Crippen molar-refractivity contribution in [3.05, 3.63) is 77.9 Å². The first-order valence-corrected chi connectivity index (χ1v) is 12.3. The lowest BCUT2D eigenvalue weighted by Crippen LogP contribution is -2.25. The number of hydrogen-bond donors (Lipinski definition) is 2. The van der Waals surface area contributed by atoms with Crippen LogP contribution in [0.2, 0.25) is 0 Å². The lowest BCUT2D eigenvalue weighted by Gasteiger charge is -2.18. The lowest BCUT2D eigenvalue weighted by atomic mass is 10.00. The third-order valence-corrected chi connectivity index (χ3v) is 6.61. The molecule has 5 aromatic rings. The number of ether oxygens (including phenoxy) is 1. The standard InChI is InChI=1S/C28H23F3N6O2/c1-28(2)14-39-27-34-23-25(35-24(36-26(23)37(27)28)16-11-17(29)13-32-12-16)33-9-8-15-6-7-21(38)19(10-15)18-4-3-5-20(30)22(18)31/h3-7,10-13,38H,8-9,14H2,1-2H3,(H,33,35,36). The van der Waals surface area contributed by atoms with Crippen molar-refractivity contribution in [2.75, 3.05) is 18.5 Å². The number of aromatic hydroxyl groups is 1. The van der Waals surface area contributed by atoms with Crippen molar-refractivity contribution >= 4 is 17.0 Å². The predicted octanol–water partition coefficient (Wildman–Crippen LogP) is 5.46. The second-order valence-corrected chi connectivity index (χ2v) is 9.92. The van der Waals surface area contributed by atoms with Crippen LogP contribution in [0.5, 0.6) is 11.8 Å². The van der Waals surface area contributed by atoms with Crippen LogP contribution in [0.25, 0.3) is 33.7 Å². The van der Waals surface area contributed by atoms with Crippen molar-refractivity contribution in [3.8, 4) is 34.3 Å². The Morgan fingerprint density at radius 1 is 1.03 bits per heavy atom. The van der Waals surface area contributed by atoms with Crippen LogP contribution < -0.4 is 10.1 Å². The molecular formula is C28H23F3N6O2. The van der Waals surface area contributed by atoms with Gasteiger partial charge in [-0.15, -0.1) is 0 Å². The van der Waals surface area contributed by atoms with Gasteiger partial charge in [-0.05, 0) is 50.1 Å². The summed E-state index contributed by atoms with van der Waals surface area (Å²) in [5.41, 5.74) is 1.99. The number of anilines is 1. The summed E-state index contributed by atoms with van der Waals surface area (Å²) < 4.78 is 49.8. The van der Waals surface area contributed by atoms with Crippen molar-refractivity contribution < 1.29 is 23.0 Å². The fraction of sp³-hybridized carbons (Fsp3) is 0.214. The molecule has 1 aliphatic rings. The second kappa shape index (κ2) is 9.26. The Labute approximate surface area is 221 Å². The Morgan fingerprint density at radius 2 is 1.87 bits per heavy atom. The monoisotopic (exact) mass is 532 g/mol. The molecule has 0 saturated heterocycles. The van der Waals surface area contributed by atoms with E-state index in [0.717, 1.165) is 17.8 Å². The Hall–Kier alpha value is -4.67. The van der Waals surface area contributed by atoms with Crippen LogP contribution in [0.3, 0.4) is 0 Å². The van der Waals surface area contributed by atoms with Crippen molar-refractivity contribution in [1.29, 1.82) is 0 Å². The Morgan fingerprint density at radius 3 is 2.69 bits per heavy atom. The van der Waals surface area contributed by atoms with Gasteiger partial charge in [-0.1, -0.05) is 18.2 Å². The van der Waals surface area contributed by atoms with Crippen molar-refractivity contribution in [2.24, 2.45) is 0 Å². The molecule has 2 aromatic carbocycles. The highest BCUT2D eigenvalue weighted by molar-refractivity contribution is 5.86. The zero-order valence-corrected chi connectivity index (χ0v) is 21.0. The van der Waals surface area contributed by atoms with Crippen LogP contribution >= 0.6 is 0 Å². The number of benzene rings is 2. The van der Waals surface area contributed by atoms with Crippen molar-refractivity contribution in [3.63, 3.8) is 0 Å². The fourth-order valence-corrected chi connectivity index (χ4v) is 4.66. The maximum absolute atomic E-state index is 14.4. The highest BCUT2D eigenvalue weighted by atomic mass is 19.2. The number of hydrogen-bond acceptors (Lipinski definition) is 7. The minimum atomic E-state index is -1.02. The number of nitrogens with one attached hydrogen (secondary N) is 1. The van der Waals surface area contributed by atoms with Crippen LogP contribution in [-0.2, 0) is 12.0 Å². The third-order valence-electron chi connectivity index (χ3n) is 6.61. The summed E-state index contributed by atoms with van der Waals surface area (Å²) in [5, 5.41) is 13.6. The molecule has 1 aliphatic heterocycles. The molecule has 11 heteroatoms. The molecule has 0 atom stereocenters. The zero-order valence-electron chi connectivity index (χ0n) is 21.0. The maximum atomic E-state index is 14.4. The highest BCUT2D eigenvalue weighted by Crippen LogP contribution is 2.37. The Bertz CT molecular complexity index is 1740. The first-order chi connectivity index (χ1) is 18.7. The summed E-state index contributed by atoms with van der Waals surface area (Å²) in [5.74, 6) is -1.98. The largest absolute Gasteiger partial charge is 0.507 e. The van der Waals surface area contributed by atoms with E-state index < -0.39 is 23.0 Å². The van der Waals surface area contributed by atoms with E-state index in [4.69, 9.17) is 4.74 Å². The average molecular weight is 533 g/mol. The molecule has 4 heterocycles. The molecule has 6 rings (SSSR count). The molecular weight excluding hydrogens is 509 g/mol. The molecule has 0 saturated carbocycles. The van der Waals surface area contributed by atoms with Crippen LogP contribution in [0, 0.1) is 17.5 Å². The van der Waals surface area contributed by atoms with E-state index in [1.165, 1.54) is 30.5 Å². The molecule has 0 radical (unpaired) electrons. The maximum Gasteiger partial charge on any atom is 0.299 e. The summed E-state index contributed by atoms with van der Waals surface area (Å²) in [4.78, 5) is 17.8. The van der Waals surface area contributed by atoms with Crippen molar-refractivity contribution in [1.82, 2.24) is 24.5 Å². The highest BCUT2D eigenvalue weighted by Gasteiger charge is 2.36. The van der Waals surface area contributed by atoms with Gasteiger partial charge < -0.3 is 15.2 Å². The van der Waals surface area contributed by atoms with E-state index in [1.54, 1.807) is 12.1 Å². The van der Waals surface area contributed by atoms with E-state index in [-0.39, 0.29) is 22.7 Å². The van der Waals surface area contributed by atoms with Crippen LogP contribution in [-0.4, -0.2) is 42.8 Å². The van der Waals surface area contributed by atoms with E-state index in [1.807, 2.05) is 18.4 Å². The van der Waals surface area contributed by atoms with Crippen LogP contribution in [0.15, 0.2) is 54.9 Å². The number of phenolic OH excluding ortho intramolecular Hbond substituents is 1. The van der Waals surface area contributed by atoms with Gasteiger partial charge in [-0.3, -0.25) is 9.55 Å². The molecule has 0 aliphatic carbocycles. The first kappa shape index (κ1) is 24.7. The molecule has 0 bridgehead atoms. The summed E-state index contributed by atoms with van der Waals surface area (Å²) in [6, 6.07) is 10.3. The van der Waals surface area contributed by atoms with Gasteiger partial charge in [-0.25, -0.2) is 23.1 Å². The molecule has 2 N–H and O–H groups in total. The van der Waals surface area contributed by atoms with E-state index in [0.29, 0.717) is 48.1 Å². The van der Waals surface area contributed by atoms with Gasteiger partial charge in [0.25, 0.3) is 6.01 Å².